The number of aromatic nitrogens is 3. The second-order valence-electron chi connectivity index (χ2n) is 6.35. The number of pyridine rings is 1. The van der Waals surface area contributed by atoms with Gasteiger partial charge in [0, 0.05) is 17.3 Å². The first kappa shape index (κ1) is 18.8. The molecule has 8 nitrogen and oxygen atoms in total. The number of amides is 1. The maximum atomic E-state index is 12.5. The van der Waals surface area contributed by atoms with Crippen LogP contribution >= 0.6 is 0 Å². The number of carbonyl (C=O) groups is 1. The van der Waals surface area contributed by atoms with Crippen molar-refractivity contribution in [2.24, 2.45) is 5.73 Å². The number of aromatic amines is 1. The minimum Gasteiger partial charge on any atom is -0.366 e. The Morgan fingerprint density at radius 2 is 1.86 bits per heavy atom. The first-order valence-corrected chi connectivity index (χ1v) is 10.2. The van der Waals surface area contributed by atoms with E-state index in [1.807, 2.05) is 0 Å². The molecule has 29 heavy (non-hydrogen) atoms. The van der Waals surface area contributed by atoms with Crippen LogP contribution in [0.1, 0.15) is 16.1 Å². The second-order valence-corrected chi connectivity index (χ2v) is 8.12. The third-order valence-corrected chi connectivity index (χ3v) is 5.79. The molecule has 9 heteroatoms. The number of fused-ring (bicyclic) bond motifs is 1. The lowest BCUT2D eigenvalue weighted by Gasteiger charge is -2.07. The number of primary amides is 1. The van der Waals surface area contributed by atoms with Gasteiger partial charge in [0.15, 0.2) is 0 Å². The van der Waals surface area contributed by atoms with Gasteiger partial charge in [0.1, 0.15) is 5.82 Å². The van der Waals surface area contributed by atoms with Gasteiger partial charge >= 0.3 is 0 Å². The van der Waals surface area contributed by atoms with E-state index >= 15 is 0 Å². The number of nitrogens with one attached hydrogen (secondary N) is 2. The van der Waals surface area contributed by atoms with Crippen molar-refractivity contribution in [3.63, 3.8) is 0 Å². The highest BCUT2D eigenvalue weighted by Crippen LogP contribution is 2.23. The number of nitrogens with zero attached hydrogens (tertiary/aromatic N) is 2. The molecule has 2 aromatic carbocycles. The summed E-state index contributed by atoms with van der Waals surface area (Å²) in [6.45, 7) is 0.108. The molecule has 0 spiro atoms. The van der Waals surface area contributed by atoms with Crippen molar-refractivity contribution >= 4 is 27.0 Å². The third-order valence-electron chi connectivity index (χ3n) is 4.37. The van der Waals surface area contributed by atoms with Gasteiger partial charge in [-0.1, -0.05) is 6.07 Å². The highest BCUT2D eigenvalue weighted by atomic mass is 32.2. The van der Waals surface area contributed by atoms with E-state index in [1.54, 1.807) is 54.7 Å². The molecule has 0 saturated carbocycles. The summed E-state index contributed by atoms with van der Waals surface area (Å²) in [5.41, 5.74) is 8.38. The molecule has 4 N–H and O–H groups in total. The van der Waals surface area contributed by atoms with E-state index in [0.717, 1.165) is 0 Å². The van der Waals surface area contributed by atoms with Crippen molar-refractivity contribution in [3.8, 4) is 11.4 Å². The van der Waals surface area contributed by atoms with E-state index in [2.05, 4.69) is 19.7 Å². The average molecular weight is 407 g/mol. The molecular formula is C20H17N5O3S. The number of nitrogens with two attached hydrogens (primary N) is 1. The van der Waals surface area contributed by atoms with Crippen molar-refractivity contribution in [1.82, 2.24) is 19.7 Å². The van der Waals surface area contributed by atoms with Crippen molar-refractivity contribution in [2.75, 3.05) is 0 Å². The Morgan fingerprint density at radius 3 is 2.55 bits per heavy atom. The Morgan fingerprint density at radius 1 is 1.07 bits per heavy atom. The number of imidazole rings is 1. The van der Waals surface area contributed by atoms with Crippen molar-refractivity contribution < 1.29 is 13.2 Å². The topological polar surface area (TPSA) is 131 Å². The molecule has 0 saturated heterocycles. The SMILES string of the molecule is NC(=O)c1ccc2nc(-c3ccc(S(=O)(=O)NCc4ccccn4)cc3)[nH]c2c1. The molecule has 2 heterocycles. The highest BCUT2D eigenvalue weighted by molar-refractivity contribution is 7.89. The van der Waals surface area contributed by atoms with Gasteiger partial charge in [-0.05, 0) is 54.6 Å². The summed E-state index contributed by atoms with van der Waals surface area (Å²) in [6.07, 6.45) is 1.61. The fourth-order valence-electron chi connectivity index (χ4n) is 2.85. The molecule has 0 aliphatic heterocycles. The fraction of sp³-hybridized carbons (Fsp3) is 0.0500. The van der Waals surface area contributed by atoms with Crippen LogP contribution in [-0.2, 0) is 16.6 Å². The number of H-pyrrole nitrogens is 1. The van der Waals surface area contributed by atoms with Crippen molar-refractivity contribution in [2.45, 2.75) is 11.4 Å². The molecule has 0 aliphatic rings. The molecule has 4 aromatic rings. The van der Waals surface area contributed by atoms with Crippen LogP contribution in [0.4, 0.5) is 0 Å². The minimum atomic E-state index is -3.67. The van der Waals surface area contributed by atoms with E-state index in [1.165, 1.54) is 12.1 Å². The summed E-state index contributed by atoms with van der Waals surface area (Å²) in [5, 5.41) is 0. The molecule has 0 radical (unpaired) electrons. The first-order valence-electron chi connectivity index (χ1n) is 8.72. The molecule has 0 fully saturated rings. The molecule has 0 bridgehead atoms. The normalized spacial score (nSPS) is 11.6. The van der Waals surface area contributed by atoms with Gasteiger partial charge in [0.25, 0.3) is 0 Å². The van der Waals surface area contributed by atoms with E-state index in [-0.39, 0.29) is 11.4 Å². The Balaban J connectivity index is 1.55. The Bertz CT molecular complexity index is 1280. The molecule has 146 valence electrons. The Hall–Kier alpha value is -3.56. The largest absolute Gasteiger partial charge is 0.366 e. The number of rotatable bonds is 6. The quantitative estimate of drug-likeness (QED) is 0.451. The highest BCUT2D eigenvalue weighted by Gasteiger charge is 2.15. The summed E-state index contributed by atoms with van der Waals surface area (Å²) in [7, 11) is -3.67. The lowest BCUT2D eigenvalue weighted by molar-refractivity contribution is 0.100. The van der Waals surface area contributed by atoms with Gasteiger partial charge in [-0.2, -0.15) is 0 Å². The summed E-state index contributed by atoms with van der Waals surface area (Å²) >= 11 is 0. The smallest absolute Gasteiger partial charge is 0.248 e. The van der Waals surface area contributed by atoms with E-state index in [0.29, 0.717) is 33.7 Å². The Labute approximate surface area is 166 Å². The standard InChI is InChI=1S/C20H17N5O3S/c21-19(26)14-6-9-17-18(11-14)25-20(24-17)13-4-7-16(8-5-13)29(27,28)23-12-15-3-1-2-10-22-15/h1-11,23H,12H2,(H2,21,26)(H,24,25). The number of hydrogen-bond donors (Lipinski definition) is 3. The summed E-state index contributed by atoms with van der Waals surface area (Å²) in [6, 6.07) is 16.6. The van der Waals surface area contributed by atoms with Crippen LogP contribution in [0.15, 0.2) is 71.8 Å². The zero-order chi connectivity index (χ0) is 20.4. The van der Waals surface area contributed by atoms with Crippen LogP contribution in [-0.4, -0.2) is 29.3 Å². The van der Waals surface area contributed by atoms with Gasteiger partial charge < -0.3 is 10.7 Å². The lowest BCUT2D eigenvalue weighted by Crippen LogP contribution is -2.23. The molecular weight excluding hydrogens is 390 g/mol. The number of benzene rings is 2. The Kier molecular flexibility index (Phi) is 4.83. The molecule has 2 aromatic heterocycles. The third kappa shape index (κ3) is 4.00. The van der Waals surface area contributed by atoms with Gasteiger partial charge in [0.2, 0.25) is 15.9 Å². The van der Waals surface area contributed by atoms with E-state index in [9.17, 15) is 13.2 Å². The molecule has 0 aliphatic carbocycles. The average Bonchev–Trinajstić information content (AvgIpc) is 3.16. The summed E-state index contributed by atoms with van der Waals surface area (Å²) in [4.78, 5) is 23.1. The van der Waals surface area contributed by atoms with Gasteiger partial charge in [0.05, 0.1) is 28.2 Å². The molecule has 0 unspecified atom stereocenters. The van der Waals surface area contributed by atoms with Crippen LogP contribution < -0.4 is 10.5 Å². The van der Waals surface area contributed by atoms with Gasteiger partial charge in [-0.25, -0.2) is 18.1 Å². The predicted molar refractivity (Wildman–Crippen MR) is 108 cm³/mol. The van der Waals surface area contributed by atoms with Gasteiger partial charge in [-0.3, -0.25) is 9.78 Å². The number of carbonyl (C=O) groups excluding carboxylic acids is 1. The molecule has 1 amide bonds. The monoisotopic (exact) mass is 407 g/mol. The molecule has 4 rings (SSSR count). The van der Waals surface area contributed by atoms with Crippen LogP contribution in [0, 0.1) is 0 Å². The zero-order valence-corrected chi connectivity index (χ0v) is 16.0. The van der Waals surface area contributed by atoms with Crippen LogP contribution in [0.3, 0.4) is 0 Å². The van der Waals surface area contributed by atoms with Crippen LogP contribution in [0.25, 0.3) is 22.4 Å². The summed E-state index contributed by atoms with van der Waals surface area (Å²) < 4.78 is 27.5. The maximum Gasteiger partial charge on any atom is 0.248 e. The lowest BCUT2D eigenvalue weighted by atomic mass is 10.2. The first-order chi connectivity index (χ1) is 13.9. The second kappa shape index (κ2) is 7.46. The predicted octanol–water partition coefficient (Wildman–Crippen LogP) is 2.20. The summed E-state index contributed by atoms with van der Waals surface area (Å²) in [5.74, 6) is 0.0443. The number of hydrogen-bond acceptors (Lipinski definition) is 5. The van der Waals surface area contributed by atoms with E-state index in [4.69, 9.17) is 5.73 Å². The van der Waals surface area contributed by atoms with E-state index < -0.39 is 15.9 Å². The minimum absolute atomic E-state index is 0.108. The van der Waals surface area contributed by atoms with Crippen LogP contribution in [0.2, 0.25) is 0 Å². The molecule has 0 atom stereocenters. The zero-order valence-electron chi connectivity index (χ0n) is 15.2. The van der Waals surface area contributed by atoms with Crippen molar-refractivity contribution in [1.29, 1.82) is 0 Å². The van der Waals surface area contributed by atoms with Crippen molar-refractivity contribution in [3.05, 3.63) is 78.1 Å². The maximum absolute atomic E-state index is 12.5. The van der Waals surface area contributed by atoms with Gasteiger partial charge in [-0.15, -0.1) is 0 Å². The number of sulfonamides is 1. The fourth-order valence-corrected chi connectivity index (χ4v) is 3.85. The van der Waals surface area contributed by atoms with Crippen LogP contribution in [0.5, 0.6) is 0 Å².